The highest BCUT2D eigenvalue weighted by Crippen LogP contribution is 2.69. The van der Waals surface area contributed by atoms with Gasteiger partial charge in [-0.1, -0.05) is 13.8 Å². The van der Waals surface area contributed by atoms with Crippen LogP contribution in [0.2, 0.25) is 0 Å². The fourth-order valence-corrected chi connectivity index (χ4v) is 9.32. The highest BCUT2D eigenvalue weighted by molar-refractivity contribution is 5.95. The van der Waals surface area contributed by atoms with Gasteiger partial charge in [0.15, 0.2) is 5.78 Å². The van der Waals surface area contributed by atoms with Crippen LogP contribution in [-0.2, 0) is 33.4 Å². The maximum absolute atomic E-state index is 13.8. The van der Waals surface area contributed by atoms with E-state index in [2.05, 4.69) is 0 Å². The third-order valence-electron chi connectivity index (χ3n) is 11.4. The summed E-state index contributed by atoms with van der Waals surface area (Å²) in [5.74, 6) is -2.81. The van der Waals surface area contributed by atoms with Gasteiger partial charge in [-0.05, 0) is 101 Å². The molecule has 3 N–H and O–H groups in total. The van der Waals surface area contributed by atoms with Crippen LogP contribution in [0.3, 0.4) is 0 Å². The summed E-state index contributed by atoms with van der Waals surface area (Å²) < 4.78 is 16.8. The van der Waals surface area contributed by atoms with Crippen LogP contribution in [0, 0.1) is 28.6 Å². The minimum absolute atomic E-state index is 0.150. The van der Waals surface area contributed by atoms with E-state index in [9.17, 15) is 34.5 Å². The molecule has 43 heavy (non-hydrogen) atoms. The molecule has 10 heteroatoms. The summed E-state index contributed by atoms with van der Waals surface area (Å²) in [6, 6.07) is 0. The second-order valence-corrected chi connectivity index (χ2v) is 14.9. The zero-order valence-electron chi connectivity index (χ0n) is 26.9. The number of carbonyl (C=O) groups excluding carboxylic acids is 4. The minimum Gasteiger partial charge on any atom is -0.459 e. The molecule has 0 bridgehead atoms. The lowest BCUT2D eigenvalue weighted by molar-refractivity contribution is -0.196. The first-order chi connectivity index (χ1) is 19.7. The van der Waals surface area contributed by atoms with Gasteiger partial charge in [0.05, 0.1) is 11.2 Å². The third kappa shape index (κ3) is 5.91. The molecule has 0 spiro atoms. The highest BCUT2D eigenvalue weighted by atomic mass is 16.6. The Bertz CT molecular complexity index is 1180. The fourth-order valence-electron chi connectivity index (χ4n) is 9.32. The number of aliphatic hydroxyl groups is 3. The van der Waals surface area contributed by atoms with Crippen molar-refractivity contribution in [1.82, 2.24) is 0 Å². The summed E-state index contributed by atoms with van der Waals surface area (Å²) in [5, 5.41) is 35.0. The molecule has 0 amide bonds. The third-order valence-corrected chi connectivity index (χ3v) is 11.4. The zero-order valence-corrected chi connectivity index (χ0v) is 26.9. The molecule has 0 heterocycles. The normalized spacial score (nSPS) is 39.3. The predicted molar refractivity (Wildman–Crippen MR) is 155 cm³/mol. The Hall–Kier alpha value is -2.30. The summed E-state index contributed by atoms with van der Waals surface area (Å²) in [7, 11) is 0. The van der Waals surface area contributed by atoms with Crippen molar-refractivity contribution in [1.29, 1.82) is 0 Å². The van der Waals surface area contributed by atoms with Crippen LogP contribution in [0.25, 0.3) is 0 Å². The fraction of sp³-hybridized carbons (Fsp3) is 0.818. The molecule has 0 aromatic carbocycles. The molecule has 0 unspecified atom stereocenters. The molecule has 0 aromatic heterocycles. The summed E-state index contributed by atoms with van der Waals surface area (Å²) in [4.78, 5) is 49.7. The van der Waals surface area contributed by atoms with E-state index in [1.165, 1.54) is 20.8 Å². The van der Waals surface area contributed by atoms with Crippen molar-refractivity contribution < 1.29 is 48.7 Å². The Labute approximate surface area is 254 Å². The van der Waals surface area contributed by atoms with Crippen LogP contribution in [0.1, 0.15) is 107 Å². The molecule has 3 saturated carbocycles. The quantitative estimate of drug-likeness (QED) is 0.276. The number of ether oxygens (including phenoxy) is 3. The molecular weight excluding hydrogens is 556 g/mol. The van der Waals surface area contributed by atoms with Crippen molar-refractivity contribution in [2.75, 3.05) is 0 Å². The molecule has 0 aliphatic heterocycles. The number of esters is 3. The molecule has 0 radical (unpaired) electrons. The monoisotopic (exact) mass is 606 g/mol. The van der Waals surface area contributed by atoms with Gasteiger partial charge in [-0.15, -0.1) is 0 Å². The van der Waals surface area contributed by atoms with Crippen LogP contribution < -0.4 is 0 Å². The smallest absolute Gasteiger partial charge is 0.303 e. The van der Waals surface area contributed by atoms with Crippen molar-refractivity contribution in [3.63, 3.8) is 0 Å². The largest absolute Gasteiger partial charge is 0.459 e. The Morgan fingerprint density at radius 1 is 0.953 bits per heavy atom. The lowest BCUT2D eigenvalue weighted by Crippen LogP contribution is -2.63. The van der Waals surface area contributed by atoms with Crippen molar-refractivity contribution >= 4 is 23.7 Å². The maximum atomic E-state index is 13.8. The van der Waals surface area contributed by atoms with Crippen LogP contribution in [0.4, 0.5) is 0 Å². The first-order valence-corrected chi connectivity index (χ1v) is 15.6. The summed E-state index contributed by atoms with van der Waals surface area (Å²) >= 11 is 0. The molecule has 242 valence electrons. The molecule has 0 saturated heterocycles. The SMILES string of the molecule is CC(=O)O[C@H]1C[C@@]2(C)[C@H](C[C@H]1OC(C)=O)C(=O)C=C1[C@@H]2CC[C@]2(C)[C@@H]([C@@](C)(O)[C@@H](CCC(C)(C)O)OC(C)=O)CC[C@@]12O. The van der Waals surface area contributed by atoms with Gasteiger partial charge in [0.25, 0.3) is 0 Å². The van der Waals surface area contributed by atoms with Crippen molar-refractivity contribution in [3.8, 4) is 0 Å². The Morgan fingerprint density at radius 2 is 1.56 bits per heavy atom. The highest BCUT2D eigenvalue weighted by Gasteiger charge is 2.69. The number of fused-ring (bicyclic) bond motifs is 5. The van der Waals surface area contributed by atoms with Crippen LogP contribution in [0.15, 0.2) is 11.6 Å². The molecule has 4 aliphatic carbocycles. The van der Waals surface area contributed by atoms with Crippen molar-refractivity contribution in [3.05, 3.63) is 11.6 Å². The van der Waals surface area contributed by atoms with Crippen molar-refractivity contribution in [2.45, 2.75) is 142 Å². The average molecular weight is 607 g/mol. The number of hydrogen-bond acceptors (Lipinski definition) is 10. The second-order valence-electron chi connectivity index (χ2n) is 14.9. The van der Waals surface area contributed by atoms with Gasteiger partial charge >= 0.3 is 17.9 Å². The van der Waals surface area contributed by atoms with E-state index in [-0.39, 0.29) is 24.5 Å². The van der Waals surface area contributed by atoms with Crippen LogP contribution in [-0.4, -0.2) is 74.1 Å². The molecule has 10 nitrogen and oxygen atoms in total. The Kier molecular flexibility index (Phi) is 8.79. The van der Waals surface area contributed by atoms with Crippen LogP contribution >= 0.6 is 0 Å². The zero-order chi connectivity index (χ0) is 32.3. The second kappa shape index (κ2) is 11.2. The summed E-state index contributed by atoms with van der Waals surface area (Å²) in [6.45, 7) is 12.8. The van der Waals surface area contributed by atoms with E-state index < -0.39 is 75.7 Å². The van der Waals surface area contributed by atoms with E-state index in [0.717, 1.165) is 0 Å². The standard InChI is InChI=1S/C33H50O10/c1-18(34)41-25-16-23-24(37)15-22-21(30(23,6)17-26(25)42-19(2)35)9-13-31(7)27(10-14-33(22,31)40)32(8,39)28(43-20(3)36)11-12-29(4,5)38/h15,21,23,25-28,38-40H,9-14,16-17H2,1-8H3/t21-,23+,25+,26-,27-,28+,30+,31+,32+,33+/m0/s1. The van der Waals surface area contributed by atoms with Crippen molar-refractivity contribution in [2.24, 2.45) is 28.6 Å². The maximum Gasteiger partial charge on any atom is 0.303 e. The van der Waals surface area contributed by atoms with E-state index in [4.69, 9.17) is 14.2 Å². The van der Waals surface area contributed by atoms with Gasteiger partial charge in [0, 0.05) is 32.1 Å². The summed E-state index contributed by atoms with van der Waals surface area (Å²) in [5.41, 5.74) is -4.77. The van der Waals surface area contributed by atoms with E-state index in [0.29, 0.717) is 44.1 Å². The molecular formula is C33H50O10. The predicted octanol–water partition coefficient (Wildman–Crippen LogP) is 3.57. The first-order valence-electron chi connectivity index (χ1n) is 15.6. The number of rotatable bonds is 8. The lowest BCUT2D eigenvalue weighted by atomic mass is 9.45. The Balaban J connectivity index is 1.69. The number of carbonyl (C=O) groups is 4. The van der Waals surface area contributed by atoms with E-state index in [1.807, 2.05) is 13.8 Å². The topological polar surface area (TPSA) is 157 Å². The molecule has 10 atom stereocenters. The van der Waals surface area contributed by atoms with Gasteiger partial charge in [-0.25, -0.2) is 0 Å². The number of allylic oxidation sites excluding steroid dienone is 1. The summed E-state index contributed by atoms with van der Waals surface area (Å²) in [6.07, 6.45) is 2.26. The van der Waals surface area contributed by atoms with E-state index in [1.54, 1.807) is 26.8 Å². The van der Waals surface area contributed by atoms with Gasteiger partial charge < -0.3 is 29.5 Å². The lowest BCUT2D eigenvalue weighted by Gasteiger charge is -2.61. The first kappa shape index (κ1) is 33.6. The van der Waals surface area contributed by atoms with Gasteiger partial charge in [0.2, 0.25) is 0 Å². The molecule has 0 aromatic rings. The minimum atomic E-state index is -1.52. The average Bonchev–Trinajstić information content (AvgIpc) is 3.13. The Morgan fingerprint density at radius 3 is 2.12 bits per heavy atom. The molecule has 4 rings (SSSR count). The number of ketones is 1. The van der Waals surface area contributed by atoms with Gasteiger partial charge in [0.1, 0.15) is 23.9 Å². The number of hydrogen-bond donors (Lipinski definition) is 3. The van der Waals surface area contributed by atoms with E-state index >= 15 is 0 Å². The molecule has 4 aliphatic rings. The van der Waals surface area contributed by atoms with Crippen LogP contribution in [0.5, 0.6) is 0 Å². The molecule has 3 fully saturated rings. The van der Waals surface area contributed by atoms with Gasteiger partial charge in [-0.3, -0.25) is 19.2 Å². The van der Waals surface area contributed by atoms with Gasteiger partial charge in [-0.2, -0.15) is 0 Å².